The number of hydrogen-bond acceptors (Lipinski definition) is 5. The van der Waals surface area contributed by atoms with Crippen molar-refractivity contribution in [2.24, 2.45) is 0 Å². The molecule has 2 heterocycles. The zero-order chi connectivity index (χ0) is 23.3. The summed E-state index contributed by atoms with van der Waals surface area (Å²) in [7, 11) is -3.92. The molecule has 1 aliphatic carbocycles. The van der Waals surface area contributed by atoms with Crippen LogP contribution in [0.5, 0.6) is 0 Å². The van der Waals surface area contributed by atoms with E-state index in [0.29, 0.717) is 29.8 Å². The number of hydrogen-bond donors (Lipinski definition) is 1. The Hall–Kier alpha value is -2.82. The molecule has 2 aromatic rings. The van der Waals surface area contributed by atoms with Crippen LogP contribution < -0.4 is 5.32 Å². The van der Waals surface area contributed by atoms with E-state index in [1.54, 1.807) is 13.0 Å². The van der Waals surface area contributed by atoms with Crippen molar-refractivity contribution < 1.29 is 30.6 Å². The smallest absolute Gasteiger partial charge is 0.382 e. The van der Waals surface area contributed by atoms with Gasteiger partial charge in [0.15, 0.2) is 11.5 Å². The number of alkyl halides is 3. The van der Waals surface area contributed by atoms with E-state index in [2.05, 4.69) is 10.4 Å². The van der Waals surface area contributed by atoms with E-state index >= 15 is 0 Å². The monoisotopic (exact) mass is 469 g/mol. The minimum Gasteiger partial charge on any atom is -0.382 e. The molecule has 1 amide bonds. The number of benzene rings is 1. The summed E-state index contributed by atoms with van der Waals surface area (Å²) < 4.78 is 69.2. The number of aromatic nitrogens is 2. The molecule has 32 heavy (non-hydrogen) atoms. The van der Waals surface area contributed by atoms with Crippen molar-refractivity contribution in [1.29, 1.82) is 0 Å². The van der Waals surface area contributed by atoms with Gasteiger partial charge in [-0.25, -0.2) is 4.68 Å². The van der Waals surface area contributed by atoms with Crippen LogP contribution in [-0.2, 0) is 25.3 Å². The first-order valence-electron chi connectivity index (χ1n) is 10.1. The molecule has 1 aromatic carbocycles. The van der Waals surface area contributed by atoms with Gasteiger partial charge in [-0.05, 0) is 38.0 Å². The van der Waals surface area contributed by atoms with Crippen LogP contribution in [0, 0.1) is 6.92 Å². The van der Waals surface area contributed by atoms with Gasteiger partial charge in [0.1, 0.15) is 5.54 Å². The Balaban J connectivity index is 1.80. The van der Waals surface area contributed by atoms with Gasteiger partial charge in [0.25, 0.3) is 5.91 Å². The third-order valence-corrected chi connectivity index (χ3v) is 6.24. The van der Waals surface area contributed by atoms with Crippen LogP contribution in [0.2, 0.25) is 0 Å². The van der Waals surface area contributed by atoms with Gasteiger partial charge in [-0.3, -0.25) is 4.79 Å². The molecule has 0 atom stereocenters. The average Bonchev–Trinajstić information content (AvgIpc) is 3.18. The first-order valence-corrected chi connectivity index (χ1v) is 11.9. The predicted molar refractivity (Wildman–Crippen MR) is 111 cm³/mol. The number of carbonyl (C=O) groups is 1. The number of aryl methyl sites for hydroxylation is 1. The molecule has 1 spiro atoms. The Bertz CT molecular complexity index is 1190. The second-order valence-corrected chi connectivity index (χ2v) is 9.79. The summed E-state index contributed by atoms with van der Waals surface area (Å²) >= 11 is 0. The second kappa shape index (κ2) is 7.65. The summed E-state index contributed by atoms with van der Waals surface area (Å²) in [6, 6.07) is 6.14. The maximum absolute atomic E-state index is 13.0. The van der Waals surface area contributed by atoms with E-state index in [1.165, 1.54) is 16.8 Å². The normalized spacial score (nSPS) is 18.8. The van der Waals surface area contributed by atoms with Crippen molar-refractivity contribution in [2.75, 3.05) is 6.26 Å². The van der Waals surface area contributed by atoms with E-state index in [4.69, 9.17) is 4.18 Å². The minimum atomic E-state index is -4.45. The van der Waals surface area contributed by atoms with Crippen molar-refractivity contribution >= 4 is 21.7 Å². The highest BCUT2D eigenvalue weighted by atomic mass is 32.2. The SMILES string of the molecule is Cc1cc(-c2ccc(C(F)(F)F)cc2)nn1C1=C(OS(C)(=O)=O)C2(CCCCC2)NC1=O. The van der Waals surface area contributed by atoms with Gasteiger partial charge in [-0.15, -0.1) is 0 Å². The molecule has 2 aliphatic rings. The number of nitrogens with one attached hydrogen (secondary N) is 1. The van der Waals surface area contributed by atoms with E-state index in [9.17, 15) is 26.4 Å². The molecular weight excluding hydrogens is 447 g/mol. The summed E-state index contributed by atoms with van der Waals surface area (Å²) in [5.41, 5.74) is -0.434. The van der Waals surface area contributed by atoms with E-state index in [-0.39, 0.29) is 11.5 Å². The molecule has 172 valence electrons. The van der Waals surface area contributed by atoms with E-state index < -0.39 is 33.3 Å². The van der Waals surface area contributed by atoms with Crippen molar-refractivity contribution in [2.45, 2.75) is 50.7 Å². The number of halogens is 3. The molecule has 0 unspecified atom stereocenters. The quantitative estimate of drug-likeness (QED) is 0.687. The molecule has 1 saturated carbocycles. The summed E-state index contributed by atoms with van der Waals surface area (Å²) in [5, 5.41) is 7.31. The minimum absolute atomic E-state index is 0.0204. The topological polar surface area (TPSA) is 90.3 Å². The standard InChI is InChI=1S/C21H22F3N3O4S/c1-13-12-16(14-6-8-15(9-7-14)21(22,23)24)26-27(13)17-18(31-32(2,29)30)20(25-19(17)28)10-4-3-5-11-20/h6-9,12H,3-5,10-11H2,1-2H3,(H,25,28). The predicted octanol–water partition coefficient (Wildman–Crippen LogP) is 3.85. The van der Waals surface area contributed by atoms with E-state index in [1.807, 2.05) is 0 Å². The lowest BCUT2D eigenvalue weighted by Gasteiger charge is -2.34. The highest BCUT2D eigenvalue weighted by molar-refractivity contribution is 7.86. The van der Waals surface area contributed by atoms with Crippen molar-refractivity contribution in [3.63, 3.8) is 0 Å². The van der Waals surface area contributed by atoms with Gasteiger partial charge in [0.05, 0.1) is 17.5 Å². The van der Waals surface area contributed by atoms with Gasteiger partial charge in [-0.2, -0.15) is 26.7 Å². The lowest BCUT2D eigenvalue weighted by Crippen LogP contribution is -2.46. The van der Waals surface area contributed by atoms with Crippen LogP contribution in [0.1, 0.15) is 43.4 Å². The molecule has 0 saturated heterocycles. The van der Waals surface area contributed by atoms with Crippen molar-refractivity contribution in [3.8, 4) is 11.3 Å². The lowest BCUT2D eigenvalue weighted by molar-refractivity contribution is -0.137. The van der Waals surface area contributed by atoms with E-state index in [0.717, 1.165) is 37.7 Å². The molecule has 7 nitrogen and oxygen atoms in total. The molecule has 11 heteroatoms. The van der Waals surface area contributed by atoms with Crippen molar-refractivity contribution in [3.05, 3.63) is 47.3 Å². The Morgan fingerprint density at radius 2 is 1.75 bits per heavy atom. The number of nitrogens with zero attached hydrogens (tertiary/aromatic N) is 2. The molecule has 4 rings (SSSR count). The second-order valence-electron chi connectivity index (χ2n) is 8.22. The molecule has 0 bridgehead atoms. The van der Waals surface area contributed by atoms with Crippen LogP contribution in [-0.4, -0.2) is 35.9 Å². The summed E-state index contributed by atoms with van der Waals surface area (Å²) in [6.07, 6.45) is 0.127. The number of carbonyl (C=O) groups excluding carboxylic acids is 1. The lowest BCUT2D eigenvalue weighted by atomic mass is 9.81. The van der Waals surface area contributed by atoms with Gasteiger partial charge >= 0.3 is 16.3 Å². The van der Waals surface area contributed by atoms with Gasteiger partial charge in [-0.1, -0.05) is 31.4 Å². The Morgan fingerprint density at radius 3 is 2.31 bits per heavy atom. The van der Waals surface area contributed by atoms with Crippen molar-refractivity contribution in [1.82, 2.24) is 15.1 Å². The largest absolute Gasteiger partial charge is 0.416 e. The highest BCUT2D eigenvalue weighted by Crippen LogP contribution is 2.42. The molecule has 1 aromatic heterocycles. The first kappa shape index (κ1) is 22.4. The highest BCUT2D eigenvalue weighted by Gasteiger charge is 2.50. The third-order valence-electron chi connectivity index (χ3n) is 5.77. The van der Waals surface area contributed by atoms with Gasteiger partial charge < -0.3 is 9.50 Å². The zero-order valence-corrected chi connectivity index (χ0v) is 18.3. The van der Waals surface area contributed by atoms with Crippen LogP contribution in [0.4, 0.5) is 13.2 Å². The summed E-state index contributed by atoms with van der Waals surface area (Å²) in [4.78, 5) is 13.0. The first-order chi connectivity index (χ1) is 14.9. The number of rotatable bonds is 4. The fraction of sp³-hybridized carbons (Fsp3) is 0.429. The summed E-state index contributed by atoms with van der Waals surface area (Å²) in [6.45, 7) is 1.67. The molecule has 1 aliphatic heterocycles. The van der Waals surface area contributed by atoms with Crippen LogP contribution in [0.25, 0.3) is 17.0 Å². The zero-order valence-electron chi connectivity index (χ0n) is 17.5. The number of amides is 1. The molecule has 1 fully saturated rings. The maximum atomic E-state index is 13.0. The summed E-state index contributed by atoms with van der Waals surface area (Å²) in [5.74, 6) is -0.481. The van der Waals surface area contributed by atoms with Gasteiger partial charge in [0.2, 0.25) is 0 Å². The Labute approximate surface area is 183 Å². The fourth-order valence-electron chi connectivity index (χ4n) is 4.31. The molecule has 0 radical (unpaired) electrons. The van der Waals surface area contributed by atoms with Crippen LogP contribution in [0.3, 0.4) is 0 Å². The average molecular weight is 469 g/mol. The molecule has 1 N–H and O–H groups in total. The third kappa shape index (κ3) is 4.13. The van der Waals surface area contributed by atoms with Gasteiger partial charge in [0, 0.05) is 11.3 Å². The Kier molecular flexibility index (Phi) is 5.35. The fourth-order valence-corrected chi connectivity index (χ4v) is 4.85. The van der Waals surface area contributed by atoms with Crippen LogP contribution in [0.15, 0.2) is 36.1 Å². The van der Waals surface area contributed by atoms with Crippen LogP contribution >= 0.6 is 0 Å². The maximum Gasteiger partial charge on any atom is 0.416 e. The molecular formula is C21H22F3N3O4S. The Morgan fingerprint density at radius 1 is 1.12 bits per heavy atom.